The normalized spacial score (nSPS) is 18.5. The van der Waals surface area contributed by atoms with Gasteiger partial charge in [-0.2, -0.15) is 0 Å². The predicted octanol–water partition coefficient (Wildman–Crippen LogP) is 3.97. The highest BCUT2D eigenvalue weighted by molar-refractivity contribution is 5.29. The number of benzene rings is 1. The van der Waals surface area contributed by atoms with Crippen molar-refractivity contribution in [1.82, 2.24) is 5.32 Å². The Labute approximate surface area is 106 Å². The first-order chi connectivity index (χ1) is 8.16. The molecule has 0 aliphatic heterocycles. The third kappa shape index (κ3) is 3.32. The number of aryl methyl sites for hydroxylation is 2. The largest absolute Gasteiger partial charge is 0.310 e. The van der Waals surface area contributed by atoms with Crippen LogP contribution < -0.4 is 5.32 Å². The standard InChI is InChI=1S/C16H25N/c1-12-8-9-15(10-13(12)2)11-17-14(3)16-6-4-5-7-16/h8-10,14,16-17H,4-7,11H2,1-3H3/t14-/m1/s1. The van der Waals surface area contributed by atoms with Crippen LogP contribution in [0.5, 0.6) is 0 Å². The first-order valence-corrected chi connectivity index (χ1v) is 6.96. The lowest BCUT2D eigenvalue weighted by Gasteiger charge is -2.20. The molecule has 1 atom stereocenters. The van der Waals surface area contributed by atoms with Gasteiger partial charge in [-0.3, -0.25) is 0 Å². The van der Waals surface area contributed by atoms with E-state index in [0.717, 1.165) is 12.5 Å². The molecule has 17 heavy (non-hydrogen) atoms. The summed E-state index contributed by atoms with van der Waals surface area (Å²) in [6.45, 7) is 7.72. The molecule has 94 valence electrons. The Morgan fingerprint density at radius 3 is 2.53 bits per heavy atom. The lowest BCUT2D eigenvalue weighted by atomic mass is 9.99. The lowest BCUT2D eigenvalue weighted by molar-refractivity contribution is 0.380. The summed E-state index contributed by atoms with van der Waals surface area (Å²) < 4.78 is 0. The maximum atomic E-state index is 3.69. The van der Waals surface area contributed by atoms with Crippen LogP contribution >= 0.6 is 0 Å². The fraction of sp³-hybridized carbons (Fsp3) is 0.625. The van der Waals surface area contributed by atoms with E-state index in [4.69, 9.17) is 0 Å². The van der Waals surface area contributed by atoms with Crippen molar-refractivity contribution in [2.24, 2.45) is 5.92 Å². The summed E-state index contributed by atoms with van der Waals surface area (Å²) in [5.74, 6) is 0.904. The Kier molecular flexibility index (Phi) is 4.22. The molecule has 1 aliphatic rings. The lowest BCUT2D eigenvalue weighted by Crippen LogP contribution is -2.31. The Hall–Kier alpha value is -0.820. The minimum absolute atomic E-state index is 0.666. The van der Waals surface area contributed by atoms with E-state index in [1.807, 2.05) is 0 Å². The van der Waals surface area contributed by atoms with Gasteiger partial charge in [-0.1, -0.05) is 31.0 Å². The molecular formula is C16H25N. The van der Waals surface area contributed by atoms with E-state index in [9.17, 15) is 0 Å². The molecule has 0 heterocycles. The van der Waals surface area contributed by atoms with Crippen LogP contribution in [0.25, 0.3) is 0 Å². The van der Waals surface area contributed by atoms with Gasteiger partial charge in [0.2, 0.25) is 0 Å². The molecule has 0 bridgehead atoms. The Morgan fingerprint density at radius 2 is 1.88 bits per heavy atom. The van der Waals surface area contributed by atoms with E-state index in [2.05, 4.69) is 44.3 Å². The van der Waals surface area contributed by atoms with Crippen molar-refractivity contribution in [3.8, 4) is 0 Å². The number of nitrogens with one attached hydrogen (secondary N) is 1. The molecule has 1 nitrogen and oxygen atoms in total. The van der Waals surface area contributed by atoms with Crippen molar-refractivity contribution in [3.63, 3.8) is 0 Å². The van der Waals surface area contributed by atoms with E-state index < -0.39 is 0 Å². The molecule has 0 aromatic heterocycles. The van der Waals surface area contributed by atoms with Crippen molar-refractivity contribution in [2.45, 2.75) is 59.0 Å². The quantitative estimate of drug-likeness (QED) is 0.826. The summed E-state index contributed by atoms with van der Waals surface area (Å²) >= 11 is 0. The van der Waals surface area contributed by atoms with E-state index in [-0.39, 0.29) is 0 Å². The Bertz CT molecular complexity index is 364. The summed E-state index contributed by atoms with van der Waals surface area (Å²) in [6.07, 6.45) is 5.70. The molecule has 0 amide bonds. The van der Waals surface area contributed by atoms with Crippen LogP contribution in [0.15, 0.2) is 18.2 Å². The molecule has 0 radical (unpaired) electrons. The highest BCUT2D eigenvalue weighted by atomic mass is 14.9. The summed E-state index contributed by atoms with van der Waals surface area (Å²) in [5, 5.41) is 3.69. The van der Waals surface area contributed by atoms with Crippen molar-refractivity contribution < 1.29 is 0 Å². The molecule has 1 aromatic rings. The zero-order chi connectivity index (χ0) is 12.3. The Balaban J connectivity index is 1.86. The number of hydrogen-bond donors (Lipinski definition) is 1. The average Bonchev–Trinajstić information content (AvgIpc) is 2.84. The van der Waals surface area contributed by atoms with Crippen LogP contribution in [0.3, 0.4) is 0 Å². The van der Waals surface area contributed by atoms with Gasteiger partial charge in [0.25, 0.3) is 0 Å². The molecule has 0 spiro atoms. The molecule has 1 heteroatoms. The highest BCUT2D eigenvalue weighted by Crippen LogP contribution is 2.27. The van der Waals surface area contributed by atoms with Crippen LogP contribution in [0, 0.1) is 19.8 Å². The summed E-state index contributed by atoms with van der Waals surface area (Å²) in [6, 6.07) is 7.45. The minimum atomic E-state index is 0.666. The number of rotatable bonds is 4. The van der Waals surface area contributed by atoms with Gasteiger partial charge >= 0.3 is 0 Å². The number of hydrogen-bond acceptors (Lipinski definition) is 1. The average molecular weight is 231 g/mol. The van der Waals surface area contributed by atoms with Crippen LogP contribution in [0.1, 0.15) is 49.3 Å². The van der Waals surface area contributed by atoms with Gasteiger partial charge in [0.1, 0.15) is 0 Å². The van der Waals surface area contributed by atoms with Crippen molar-refractivity contribution >= 4 is 0 Å². The SMILES string of the molecule is Cc1ccc(CN[C@H](C)C2CCCC2)cc1C. The molecule has 1 aromatic carbocycles. The third-order valence-electron chi connectivity index (χ3n) is 4.31. The molecule has 2 rings (SSSR count). The van der Waals surface area contributed by atoms with Gasteiger partial charge in [0.05, 0.1) is 0 Å². The molecule has 0 unspecified atom stereocenters. The summed E-state index contributed by atoms with van der Waals surface area (Å²) in [4.78, 5) is 0. The molecule has 1 saturated carbocycles. The van der Waals surface area contributed by atoms with E-state index in [1.165, 1.54) is 42.4 Å². The maximum absolute atomic E-state index is 3.69. The topological polar surface area (TPSA) is 12.0 Å². The second-order valence-electron chi connectivity index (χ2n) is 5.63. The minimum Gasteiger partial charge on any atom is -0.310 e. The first-order valence-electron chi connectivity index (χ1n) is 6.96. The van der Waals surface area contributed by atoms with Crippen molar-refractivity contribution in [1.29, 1.82) is 0 Å². The van der Waals surface area contributed by atoms with Gasteiger partial charge in [0, 0.05) is 12.6 Å². The fourth-order valence-electron chi connectivity index (χ4n) is 2.82. The van der Waals surface area contributed by atoms with Crippen molar-refractivity contribution in [3.05, 3.63) is 34.9 Å². The summed E-state index contributed by atoms with van der Waals surface area (Å²) in [7, 11) is 0. The van der Waals surface area contributed by atoms with Crippen LogP contribution in [0.2, 0.25) is 0 Å². The second-order valence-corrected chi connectivity index (χ2v) is 5.63. The molecule has 1 N–H and O–H groups in total. The van der Waals surface area contributed by atoms with Gasteiger partial charge in [0.15, 0.2) is 0 Å². The molecule has 1 fully saturated rings. The zero-order valence-electron chi connectivity index (χ0n) is 11.4. The molecule has 1 aliphatic carbocycles. The fourth-order valence-corrected chi connectivity index (χ4v) is 2.82. The highest BCUT2D eigenvalue weighted by Gasteiger charge is 2.20. The van der Waals surface area contributed by atoms with Crippen molar-refractivity contribution in [2.75, 3.05) is 0 Å². The van der Waals surface area contributed by atoms with Gasteiger partial charge in [-0.05, 0) is 56.2 Å². The zero-order valence-corrected chi connectivity index (χ0v) is 11.4. The first kappa shape index (κ1) is 12.6. The predicted molar refractivity (Wildman–Crippen MR) is 74.2 cm³/mol. The Morgan fingerprint density at radius 1 is 1.18 bits per heavy atom. The van der Waals surface area contributed by atoms with Crippen LogP contribution in [0.4, 0.5) is 0 Å². The third-order valence-corrected chi connectivity index (χ3v) is 4.31. The van der Waals surface area contributed by atoms with Gasteiger partial charge in [-0.15, -0.1) is 0 Å². The van der Waals surface area contributed by atoms with Gasteiger partial charge in [-0.25, -0.2) is 0 Å². The smallest absolute Gasteiger partial charge is 0.0208 e. The van der Waals surface area contributed by atoms with Crippen LogP contribution in [-0.4, -0.2) is 6.04 Å². The van der Waals surface area contributed by atoms with E-state index in [0.29, 0.717) is 6.04 Å². The monoisotopic (exact) mass is 231 g/mol. The van der Waals surface area contributed by atoms with Crippen LogP contribution in [-0.2, 0) is 6.54 Å². The second kappa shape index (κ2) is 5.68. The molecular weight excluding hydrogens is 206 g/mol. The van der Waals surface area contributed by atoms with Gasteiger partial charge < -0.3 is 5.32 Å². The maximum Gasteiger partial charge on any atom is 0.0208 e. The van der Waals surface area contributed by atoms with E-state index >= 15 is 0 Å². The molecule has 0 saturated heterocycles. The van der Waals surface area contributed by atoms with E-state index in [1.54, 1.807) is 0 Å². The summed E-state index contributed by atoms with van der Waals surface area (Å²) in [5.41, 5.74) is 4.20.